The molecular weight excluding hydrogens is 442 g/mol. The van der Waals surface area contributed by atoms with Crippen LogP contribution >= 0.6 is 11.6 Å². The van der Waals surface area contributed by atoms with Gasteiger partial charge in [-0.1, -0.05) is 11.6 Å². The van der Waals surface area contributed by atoms with E-state index < -0.39 is 15.9 Å². The van der Waals surface area contributed by atoms with Crippen molar-refractivity contribution >= 4 is 33.2 Å². The van der Waals surface area contributed by atoms with Gasteiger partial charge < -0.3 is 15.0 Å². The SMILES string of the molecule is Cn1cc(C(=O)NC[C@@H]2CCCO2)c(S(=O)(=O)N2CCN(c3ccc(Cl)cc3)CC2)n1. The highest BCUT2D eigenvalue weighted by molar-refractivity contribution is 7.89. The number of aromatic nitrogens is 2. The van der Waals surface area contributed by atoms with Crippen molar-refractivity contribution < 1.29 is 17.9 Å². The summed E-state index contributed by atoms with van der Waals surface area (Å²) in [6, 6.07) is 7.47. The van der Waals surface area contributed by atoms with Gasteiger partial charge in [0.2, 0.25) is 5.03 Å². The van der Waals surface area contributed by atoms with Gasteiger partial charge in [0.05, 0.1) is 11.7 Å². The van der Waals surface area contributed by atoms with Crippen LogP contribution in [0.4, 0.5) is 5.69 Å². The van der Waals surface area contributed by atoms with Crippen LogP contribution in [0, 0.1) is 0 Å². The number of aryl methyl sites for hydroxylation is 1. The van der Waals surface area contributed by atoms with E-state index in [1.807, 2.05) is 24.3 Å². The first-order valence-corrected chi connectivity index (χ1v) is 12.1. The molecule has 1 aromatic carbocycles. The Morgan fingerprint density at radius 2 is 1.94 bits per heavy atom. The van der Waals surface area contributed by atoms with Gasteiger partial charge in [-0.2, -0.15) is 9.40 Å². The summed E-state index contributed by atoms with van der Waals surface area (Å²) in [7, 11) is -2.30. The molecule has 4 rings (SSSR count). The molecule has 0 spiro atoms. The summed E-state index contributed by atoms with van der Waals surface area (Å²) >= 11 is 5.95. The first-order chi connectivity index (χ1) is 14.8. The van der Waals surface area contributed by atoms with Crippen molar-refractivity contribution in [2.24, 2.45) is 7.05 Å². The van der Waals surface area contributed by atoms with Gasteiger partial charge in [0.15, 0.2) is 0 Å². The van der Waals surface area contributed by atoms with Gasteiger partial charge in [0, 0.05) is 63.3 Å². The fourth-order valence-corrected chi connectivity index (χ4v) is 5.55. The van der Waals surface area contributed by atoms with Crippen LogP contribution < -0.4 is 10.2 Å². The number of amides is 1. The number of halogens is 1. The lowest BCUT2D eigenvalue weighted by atomic mass is 10.2. The number of ether oxygens (including phenoxy) is 1. The van der Waals surface area contributed by atoms with E-state index in [-0.39, 0.29) is 16.7 Å². The molecule has 0 aliphatic carbocycles. The Bertz CT molecular complexity index is 1030. The number of sulfonamides is 1. The molecule has 2 aromatic rings. The molecule has 168 valence electrons. The van der Waals surface area contributed by atoms with Crippen LogP contribution in [-0.2, 0) is 21.8 Å². The number of rotatable bonds is 6. The average molecular weight is 468 g/mol. The summed E-state index contributed by atoms with van der Waals surface area (Å²) in [4.78, 5) is 14.8. The van der Waals surface area contributed by atoms with Crippen LogP contribution in [0.3, 0.4) is 0 Å². The third-order valence-electron chi connectivity index (χ3n) is 5.57. The average Bonchev–Trinajstić information content (AvgIpc) is 3.42. The standard InChI is InChI=1S/C20H26ClN5O4S/c1-24-14-18(19(27)22-13-17-3-2-12-30-17)20(23-24)31(28,29)26-10-8-25(9-11-26)16-6-4-15(21)5-7-16/h4-7,14,17H,2-3,8-13H2,1H3,(H,22,27)/t17-/m0/s1. The quantitative estimate of drug-likeness (QED) is 0.691. The van der Waals surface area contributed by atoms with Gasteiger partial charge >= 0.3 is 0 Å². The monoisotopic (exact) mass is 467 g/mol. The van der Waals surface area contributed by atoms with E-state index >= 15 is 0 Å². The molecule has 2 fully saturated rings. The largest absolute Gasteiger partial charge is 0.376 e. The predicted octanol–water partition coefficient (Wildman–Crippen LogP) is 1.49. The lowest BCUT2D eigenvalue weighted by Crippen LogP contribution is -2.49. The van der Waals surface area contributed by atoms with Gasteiger partial charge in [-0.3, -0.25) is 9.48 Å². The molecule has 0 unspecified atom stereocenters. The number of benzene rings is 1. The minimum atomic E-state index is -3.91. The second-order valence-corrected chi connectivity index (χ2v) is 10.0. The highest BCUT2D eigenvalue weighted by Crippen LogP contribution is 2.24. The second kappa shape index (κ2) is 9.15. The van der Waals surface area contributed by atoms with Crippen LogP contribution in [0.25, 0.3) is 0 Å². The molecule has 3 heterocycles. The van der Waals surface area contributed by atoms with E-state index in [9.17, 15) is 13.2 Å². The third-order valence-corrected chi connectivity index (χ3v) is 7.66. The van der Waals surface area contributed by atoms with Gasteiger partial charge in [-0.25, -0.2) is 8.42 Å². The number of carbonyl (C=O) groups is 1. The lowest BCUT2D eigenvalue weighted by molar-refractivity contribution is 0.0855. The van der Waals surface area contributed by atoms with E-state index in [2.05, 4.69) is 15.3 Å². The zero-order valence-corrected chi connectivity index (χ0v) is 18.9. The molecule has 1 N–H and O–H groups in total. The Hall–Kier alpha value is -2.14. The number of anilines is 1. The molecule has 0 bridgehead atoms. The topological polar surface area (TPSA) is 96.8 Å². The minimum Gasteiger partial charge on any atom is -0.376 e. The highest BCUT2D eigenvalue weighted by atomic mass is 35.5. The van der Waals surface area contributed by atoms with Crippen LogP contribution in [0.1, 0.15) is 23.2 Å². The Kier molecular flexibility index (Phi) is 6.52. The Morgan fingerprint density at radius 3 is 2.58 bits per heavy atom. The lowest BCUT2D eigenvalue weighted by Gasteiger charge is -2.35. The summed E-state index contributed by atoms with van der Waals surface area (Å²) in [5.41, 5.74) is 1.05. The van der Waals surface area contributed by atoms with Crippen molar-refractivity contribution in [3.63, 3.8) is 0 Å². The molecule has 0 radical (unpaired) electrons. The number of hydrogen-bond acceptors (Lipinski definition) is 6. The molecule has 2 saturated heterocycles. The molecule has 1 atom stereocenters. The summed E-state index contributed by atoms with van der Waals surface area (Å²) in [6.45, 7) is 2.72. The maximum absolute atomic E-state index is 13.3. The van der Waals surface area contributed by atoms with Crippen molar-refractivity contribution in [2.75, 3.05) is 44.2 Å². The number of carbonyl (C=O) groups excluding carboxylic acids is 1. The molecule has 11 heteroatoms. The van der Waals surface area contributed by atoms with Crippen LogP contribution in [-0.4, -0.2) is 73.8 Å². The van der Waals surface area contributed by atoms with Crippen molar-refractivity contribution in [3.8, 4) is 0 Å². The Morgan fingerprint density at radius 1 is 1.23 bits per heavy atom. The molecule has 0 saturated carbocycles. The molecule has 1 aromatic heterocycles. The molecule has 1 amide bonds. The van der Waals surface area contributed by atoms with E-state index in [0.29, 0.717) is 44.4 Å². The summed E-state index contributed by atoms with van der Waals surface area (Å²) in [5, 5.41) is 7.34. The third kappa shape index (κ3) is 4.87. The maximum Gasteiger partial charge on any atom is 0.263 e. The minimum absolute atomic E-state index is 0.0263. The number of nitrogens with zero attached hydrogens (tertiary/aromatic N) is 4. The van der Waals surface area contributed by atoms with Crippen molar-refractivity contribution in [1.82, 2.24) is 19.4 Å². The second-order valence-electron chi connectivity index (χ2n) is 7.73. The summed E-state index contributed by atoms with van der Waals surface area (Å²) in [5.74, 6) is -0.457. The molecule has 2 aliphatic heterocycles. The van der Waals surface area contributed by atoms with Gasteiger partial charge in [-0.15, -0.1) is 0 Å². The fourth-order valence-electron chi connectivity index (χ4n) is 3.88. The maximum atomic E-state index is 13.3. The van der Waals surface area contributed by atoms with Crippen LogP contribution in [0.15, 0.2) is 35.5 Å². The van der Waals surface area contributed by atoms with Gasteiger partial charge in [0.25, 0.3) is 15.9 Å². The number of nitrogens with one attached hydrogen (secondary N) is 1. The zero-order valence-electron chi connectivity index (χ0n) is 17.3. The van der Waals surface area contributed by atoms with Gasteiger partial charge in [0.1, 0.15) is 0 Å². The fraction of sp³-hybridized carbons (Fsp3) is 0.500. The van der Waals surface area contributed by atoms with Crippen molar-refractivity contribution in [1.29, 1.82) is 0 Å². The molecule has 31 heavy (non-hydrogen) atoms. The van der Waals surface area contributed by atoms with Crippen molar-refractivity contribution in [3.05, 3.63) is 41.0 Å². The van der Waals surface area contributed by atoms with Crippen LogP contribution in [0.2, 0.25) is 5.02 Å². The molecule has 9 nitrogen and oxygen atoms in total. The van der Waals surface area contributed by atoms with Crippen LogP contribution in [0.5, 0.6) is 0 Å². The van der Waals surface area contributed by atoms with E-state index in [1.54, 1.807) is 7.05 Å². The Balaban J connectivity index is 1.45. The highest BCUT2D eigenvalue weighted by Gasteiger charge is 2.34. The predicted molar refractivity (Wildman–Crippen MR) is 117 cm³/mol. The number of hydrogen-bond donors (Lipinski definition) is 1. The summed E-state index contributed by atoms with van der Waals surface area (Å²) < 4.78 is 34.8. The van der Waals surface area contributed by atoms with E-state index in [1.165, 1.54) is 15.2 Å². The summed E-state index contributed by atoms with van der Waals surface area (Å²) in [6.07, 6.45) is 3.27. The smallest absolute Gasteiger partial charge is 0.263 e. The molecular formula is C20H26ClN5O4S. The van der Waals surface area contributed by atoms with E-state index in [4.69, 9.17) is 16.3 Å². The Labute approximate surface area is 187 Å². The zero-order chi connectivity index (χ0) is 22.0. The first-order valence-electron chi connectivity index (χ1n) is 10.3. The van der Waals surface area contributed by atoms with E-state index in [0.717, 1.165) is 18.5 Å². The molecule has 2 aliphatic rings. The van der Waals surface area contributed by atoms with Gasteiger partial charge in [-0.05, 0) is 37.1 Å². The number of piperazine rings is 1. The van der Waals surface area contributed by atoms with Crippen molar-refractivity contribution in [2.45, 2.75) is 24.0 Å². The normalized spacial score (nSPS) is 20.2. The first kappa shape index (κ1) is 22.1.